The molecular formula is C18H22F2IN3O. The van der Waals surface area contributed by atoms with Gasteiger partial charge < -0.3 is 15.1 Å². The van der Waals surface area contributed by atoms with Crippen molar-refractivity contribution < 1.29 is 13.2 Å². The number of nitrogens with one attached hydrogen (secondary N) is 2. The molecule has 1 fully saturated rings. The van der Waals surface area contributed by atoms with Crippen LogP contribution < -0.4 is 10.6 Å². The van der Waals surface area contributed by atoms with Gasteiger partial charge in [-0.05, 0) is 37.6 Å². The van der Waals surface area contributed by atoms with Crippen molar-refractivity contribution in [3.8, 4) is 0 Å². The topological polar surface area (TPSA) is 49.6 Å². The molecule has 1 heterocycles. The molecule has 0 aliphatic heterocycles. The third-order valence-corrected chi connectivity index (χ3v) is 4.04. The number of hydrogen-bond donors (Lipinski definition) is 2. The smallest absolute Gasteiger partial charge is 0.191 e. The van der Waals surface area contributed by atoms with Crippen LogP contribution in [0.25, 0.3) is 0 Å². The SMILES string of the molecule is CCNC(=NCCc1ccco1)NC1CC1c1c(F)cccc1F.I. The number of benzene rings is 1. The van der Waals surface area contributed by atoms with Crippen molar-refractivity contribution in [3.63, 3.8) is 0 Å². The molecule has 0 spiro atoms. The molecule has 0 saturated heterocycles. The molecule has 136 valence electrons. The number of rotatable bonds is 6. The molecule has 4 nitrogen and oxygen atoms in total. The van der Waals surface area contributed by atoms with Crippen molar-refractivity contribution >= 4 is 29.9 Å². The van der Waals surface area contributed by atoms with Gasteiger partial charge in [-0.2, -0.15) is 0 Å². The molecule has 3 rings (SSSR count). The highest BCUT2D eigenvalue weighted by Crippen LogP contribution is 2.43. The van der Waals surface area contributed by atoms with Gasteiger partial charge in [-0.15, -0.1) is 24.0 Å². The van der Waals surface area contributed by atoms with Crippen molar-refractivity contribution in [3.05, 3.63) is 59.6 Å². The van der Waals surface area contributed by atoms with E-state index >= 15 is 0 Å². The highest BCUT2D eigenvalue weighted by atomic mass is 127. The summed E-state index contributed by atoms with van der Waals surface area (Å²) >= 11 is 0. The number of guanidine groups is 1. The van der Waals surface area contributed by atoms with Crippen LogP contribution in [0, 0.1) is 11.6 Å². The number of furan rings is 1. The molecule has 0 bridgehead atoms. The van der Waals surface area contributed by atoms with Crippen LogP contribution in [0.1, 0.15) is 30.6 Å². The Morgan fingerprint density at radius 2 is 2.00 bits per heavy atom. The van der Waals surface area contributed by atoms with Gasteiger partial charge in [0.05, 0.1) is 6.26 Å². The van der Waals surface area contributed by atoms with Crippen LogP contribution >= 0.6 is 24.0 Å². The Morgan fingerprint density at radius 3 is 2.64 bits per heavy atom. The fraction of sp³-hybridized carbons (Fsp3) is 0.389. The minimum atomic E-state index is -0.482. The van der Waals surface area contributed by atoms with Crippen molar-refractivity contribution in [1.29, 1.82) is 0 Å². The summed E-state index contributed by atoms with van der Waals surface area (Å²) in [5.41, 5.74) is 0.168. The van der Waals surface area contributed by atoms with Gasteiger partial charge in [0.2, 0.25) is 0 Å². The van der Waals surface area contributed by atoms with Crippen LogP contribution in [0.2, 0.25) is 0 Å². The Morgan fingerprint density at radius 1 is 1.24 bits per heavy atom. The molecule has 0 radical (unpaired) electrons. The van der Waals surface area contributed by atoms with E-state index in [-0.39, 0.29) is 41.5 Å². The van der Waals surface area contributed by atoms with E-state index < -0.39 is 11.6 Å². The lowest BCUT2D eigenvalue weighted by Crippen LogP contribution is -2.39. The van der Waals surface area contributed by atoms with Gasteiger partial charge >= 0.3 is 0 Å². The molecule has 2 atom stereocenters. The second kappa shape index (κ2) is 9.17. The molecule has 1 aromatic heterocycles. The van der Waals surface area contributed by atoms with E-state index in [1.165, 1.54) is 18.2 Å². The Hall–Kier alpha value is -1.64. The fourth-order valence-corrected chi connectivity index (χ4v) is 2.77. The maximum atomic E-state index is 13.8. The van der Waals surface area contributed by atoms with E-state index in [4.69, 9.17) is 4.42 Å². The van der Waals surface area contributed by atoms with Crippen LogP contribution in [0.3, 0.4) is 0 Å². The molecule has 2 N–H and O–H groups in total. The third-order valence-electron chi connectivity index (χ3n) is 4.04. The second-order valence-electron chi connectivity index (χ2n) is 5.82. The van der Waals surface area contributed by atoms with E-state index in [1.54, 1.807) is 6.26 Å². The first-order chi connectivity index (χ1) is 11.7. The summed E-state index contributed by atoms with van der Waals surface area (Å²) in [5, 5.41) is 6.41. The fourth-order valence-electron chi connectivity index (χ4n) is 2.77. The van der Waals surface area contributed by atoms with E-state index in [0.29, 0.717) is 25.3 Å². The average molecular weight is 461 g/mol. The molecule has 2 aromatic rings. The lowest BCUT2D eigenvalue weighted by Gasteiger charge is -2.11. The minimum absolute atomic E-state index is 0. The molecule has 1 saturated carbocycles. The largest absolute Gasteiger partial charge is 0.469 e. The second-order valence-corrected chi connectivity index (χ2v) is 5.82. The van der Waals surface area contributed by atoms with Crippen molar-refractivity contribution in [2.75, 3.05) is 13.1 Å². The molecule has 7 heteroatoms. The van der Waals surface area contributed by atoms with Gasteiger partial charge in [0.1, 0.15) is 17.4 Å². The van der Waals surface area contributed by atoms with E-state index in [2.05, 4.69) is 15.6 Å². The molecule has 25 heavy (non-hydrogen) atoms. The van der Waals surface area contributed by atoms with E-state index in [9.17, 15) is 8.78 Å². The Balaban J connectivity index is 0.00000225. The first-order valence-corrected chi connectivity index (χ1v) is 8.20. The predicted octanol–water partition coefficient (Wildman–Crippen LogP) is 3.83. The molecular weight excluding hydrogens is 439 g/mol. The van der Waals surface area contributed by atoms with E-state index in [0.717, 1.165) is 12.3 Å². The zero-order chi connectivity index (χ0) is 16.9. The summed E-state index contributed by atoms with van der Waals surface area (Å²) in [6.07, 6.45) is 3.04. The molecule has 1 aromatic carbocycles. The number of hydrogen-bond acceptors (Lipinski definition) is 2. The summed E-state index contributed by atoms with van der Waals surface area (Å²) in [7, 11) is 0. The Labute approximate surface area is 163 Å². The standard InChI is InChI=1S/C18H21F2N3O.HI/c1-2-21-18(22-9-8-12-5-4-10-24-12)23-16-11-13(16)17-14(19)6-3-7-15(17)20;/h3-7,10,13,16H,2,8-9,11H2,1H3,(H2,21,22,23);1H. The quantitative estimate of drug-likeness (QED) is 0.391. The number of aliphatic imine (C=N–C) groups is 1. The van der Waals surface area contributed by atoms with Gasteiger partial charge in [0.25, 0.3) is 0 Å². The Bertz CT molecular complexity index is 686. The van der Waals surface area contributed by atoms with Crippen molar-refractivity contribution in [1.82, 2.24) is 10.6 Å². The summed E-state index contributed by atoms with van der Waals surface area (Å²) < 4.78 is 32.9. The average Bonchev–Trinajstić information content (AvgIpc) is 3.08. The first kappa shape index (κ1) is 19.7. The third kappa shape index (κ3) is 5.17. The van der Waals surface area contributed by atoms with Crippen LogP contribution in [0.5, 0.6) is 0 Å². The van der Waals surface area contributed by atoms with Crippen molar-refractivity contribution in [2.45, 2.75) is 31.7 Å². The van der Waals surface area contributed by atoms with Gasteiger partial charge in [-0.3, -0.25) is 4.99 Å². The monoisotopic (exact) mass is 461 g/mol. The van der Waals surface area contributed by atoms with Gasteiger partial charge in [0, 0.05) is 37.0 Å². The summed E-state index contributed by atoms with van der Waals surface area (Å²) in [5.74, 6) is 0.425. The van der Waals surface area contributed by atoms with Gasteiger partial charge in [0.15, 0.2) is 5.96 Å². The minimum Gasteiger partial charge on any atom is -0.469 e. The predicted molar refractivity (Wildman–Crippen MR) is 104 cm³/mol. The highest BCUT2D eigenvalue weighted by Gasteiger charge is 2.42. The maximum absolute atomic E-state index is 13.8. The van der Waals surface area contributed by atoms with E-state index in [1.807, 2.05) is 19.1 Å². The molecule has 0 amide bonds. The van der Waals surface area contributed by atoms with Crippen LogP contribution in [-0.4, -0.2) is 25.1 Å². The van der Waals surface area contributed by atoms with Crippen LogP contribution in [0.4, 0.5) is 8.78 Å². The zero-order valence-corrected chi connectivity index (χ0v) is 16.3. The normalized spacial score (nSPS) is 19.2. The summed E-state index contributed by atoms with van der Waals surface area (Å²) in [4.78, 5) is 4.49. The van der Waals surface area contributed by atoms with Gasteiger partial charge in [-0.1, -0.05) is 6.07 Å². The maximum Gasteiger partial charge on any atom is 0.191 e. The van der Waals surface area contributed by atoms with Crippen LogP contribution in [0.15, 0.2) is 46.0 Å². The lowest BCUT2D eigenvalue weighted by molar-refractivity contribution is 0.510. The molecule has 1 aliphatic carbocycles. The first-order valence-electron chi connectivity index (χ1n) is 8.20. The number of halogens is 3. The summed E-state index contributed by atoms with van der Waals surface area (Å²) in [6, 6.07) is 7.75. The highest BCUT2D eigenvalue weighted by molar-refractivity contribution is 14.0. The molecule has 2 unspecified atom stereocenters. The Kier molecular flexibility index (Phi) is 7.22. The lowest BCUT2D eigenvalue weighted by atomic mass is 10.1. The van der Waals surface area contributed by atoms with Crippen molar-refractivity contribution in [2.24, 2.45) is 4.99 Å². The van der Waals surface area contributed by atoms with Crippen LogP contribution in [-0.2, 0) is 6.42 Å². The number of nitrogens with zero attached hydrogens (tertiary/aromatic N) is 1. The van der Waals surface area contributed by atoms with Gasteiger partial charge in [-0.25, -0.2) is 8.78 Å². The zero-order valence-electron chi connectivity index (χ0n) is 14.0. The summed E-state index contributed by atoms with van der Waals surface area (Å²) in [6.45, 7) is 3.27. The molecule has 1 aliphatic rings.